The van der Waals surface area contributed by atoms with Crippen molar-refractivity contribution in [2.75, 3.05) is 40.3 Å². The third-order valence-electron chi connectivity index (χ3n) is 11.2. The zero-order chi connectivity index (χ0) is 39.9. The number of ether oxygens (including phenoxy) is 1. The summed E-state index contributed by atoms with van der Waals surface area (Å²) in [5.41, 5.74) is 8.83. The highest BCUT2D eigenvalue weighted by molar-refractivity contribution is 6.03. The fourth-order valence-corrected chi connectivity index (χ4v) is 7.73. The average Bonchev–Trinajstić information content (AvgIpc) is 3.49. The normalized spacial score (nSPS) is 14.8. The van der Waals surface area contributed by atoms with Gasteiger partial charge in [-0.15, -0.1) is 0 Å². The van der Waals surface area contributed by atoms with Crippen LogP contribution in [-0.4, -0.2) is 88.4 Å². The van der Waals surface area contributed by atoms with Crippen LogP contribution in [-0.2, 0) is 33.0 Å². The standard InChI is InChI=1S/C47H57N5O4/c1-8-10-24-50(25-11-9-2)45(53)40-30-43(49(7)34(40)4)41-28-37-22-26-51(47(55)56-44-21-15-14-17-35(44)20-16-23-48(5)6)31-39(37)29-42(41)46(54)52-32-38-19-13-12-18-36(38)27-33(52)3/h12-15,17-19,21,28-30,33H,8-11,22-27,31-32H2,1-7H3/t33-/m1/s1. The van der Waals surface area contributed by atoms with Gasteiger partial charge in [0, 0.05) is 68.3 Å². The molecule has 0 spiro atoms. The van der Waals surface area contributed by atoms with Gasteiger partial charge in [-0.1, -0.05) is 74.9 Å². The average molecular weight is 756 g/mol. The van der Waals surface area contributed by atoms with Crippen molar-refractivity contribution in [3.63, 3.8) is 0 Å². The van der Waals surface area contributed by atoms with Crippen molar-refractivity contribution < 1.29 is 19.1 Å². The second-order valence-corrected chi connectivity index (χ2v) is 15.6. The van der Waals surface area contributed by atoms with Crippen LogP contribution in [0.15, 0.2) is 66.7 Å². The number of aromatic nitrogens is 1. The molecule has 9 heteroatoms. The van der Waals surface area contributed by atoms with E-state index in [1.165, 1.54) is 5.56 Å². The summed E-state index contributed by atoms with van der Waals surface area (Å²) in [7, 11) is 5.90. The van der Waals surface area contributed by atoms with Crippen molar-refractivity contribution in [2.24, 2.45) is 7.05 Å². The van der Waals surface area contributed by atoms with Crippen molar-refractivity contribution in [3.05, 3.63) is 111 Å². The Morgan fingerprint density at radius 1 is 0.857 bits per heavy atom. The number of para-hydroxylation sites is 1. The molecule has 1 atom stereocenters. The summed E-state index contributed by atoms with van der Waals surface area (Å²) in [6.45, 7) is 11.7. The second kappa shape index (κ2) is 18.1. The Labute approximate surface area is 333 Å². The van der Waals surface area contributed by atoms with Crippen LogP contribution in [0.5, 0.6) is 5.75 Å². The van der Waals surface area contributed by atoms with Crippen LogP contribution in [0.1, 0.15) is 101 Å². The van der Waals surface area contributed by atoms with E-state index in [9.17, 15) is 14.4 Å². The zero-order valence-electron chi connectivity index (χ0n) is 34.3. The summed E-state index contributed by atoms with van der Waals surface area (Å²) in [6.07, 6.45) is 4.86. The van der Waals surface area contributed by atoms with Crippen molar-refractivity contribution >= 4 is 17.9 Å². The molecule has 0 unspecified atom stereocenters. The fraction of sp³-hybridized carbons (Fsp3) is 0.426. The molecular formula is C47H57N5O4. The van der Waals surface area contributed by atoms with Crippen LogP contribution in [0.3, 0.4) is 0 Å². The maximum atomic E-state index is 14.9. The van der Waals surface area contributed by atoms with Crippen molar-refractivity contribution in [1.82, 2.24) is 24.2 Å². The van der Waals surface area contributed by atoms with Crippen LogP contribution < -0.4 is 4.74 Å². The lowest BCUT2D eigenvalue weighted by atomic mass is 9.90. The number of nitrogens with zero attached hydrogens (tertiary/aromatic N) is 5. The Morgan fingerprint density at radius 2 is 1.55 bits per heavy atom. The first kappa shape index (κ1) is 40.3. The Kier molecular flexibility index (Phi) is 13.0. The van der Waals surface area contributed by atoms with Gasteiger partial charge < -0.3 is 24.0 Å². The molecule has 56 heavy (non-hydrogen) atoms. The van der Waals surface area contributed by atoms with Crippen molar-refractivity contribution in [1.29, 1.82) is 0 Å². The highest BCUT2D eigenvalue weighted by Crippen LogP contribution is 2.36. The maximum absolute atomic E-state index is 14.9. The predicted octanol–water partition coefficient (Wildman–Crippen LogP) is 8.10. The Morgan fingerprint density at radius 3 is 2.27 bits per heavy atom. The molecule has 294 valence electrons. The third-order valence-corrected chi connectivity index (χ3v) is 11.2. The first-order valence-corrected chi connectivity index (χ1v) is 20.2. The van der Waals surface area contributed by atoms with Crippen LogP contribution in [0.2, 0.25) is 0 Å². The lowest BCUT2D eigenvalue weighted by Crippen LogP contribution is -2.43. The summed E-state index contributed by atoms with van der Waals surface area (Å²) in [5, 5.41) is 0. The molecule has 0 saturated carbocycles. The van der Waals surface area contributed by atoms with E-state index in [4.69, 9.17) is 4.74 Å². The van der Waals surface area contributed by atoms with Gasteiger partial charge in [0.05, 0.1) is 17.7 Å². The number of unbranched alkanes of at least 4 members (excludes halogenated alkanes) is 2. The summed E-state index contributed by atoms with van der Waals surface area (Å²) in [4.78, 5) is 50.4. The van der Waals surface area contributed by atoms with Crippen molar-refractivity contribution in [2.45, 2.75) is 85.4 Å². The van der Waals surface area contributed by atoms with Gasteiger partial charge in [0.1, 0.15) is 5.75 Å². The van der Waals surface area contributed by atoms with Gasteiger partial charge in [0.25, 0.3) is 11.8 Å². The third kappa shape index (κ3) is 8.87. The maximum Gasteiger partial charge on any atom is 0.415 e. The van der Waals surface area contributed by atoms with E-state index in [0.717, 1.165) is 78.8 Å². The molecule has 6 rings (SSSR count). The van der Waals surface area contributed by atoms with Gasteiger partial charge in [0.2, 0.25) is 0 Å². The monoisotopic (exact) mass is 755 g/mol. The fourth-order valence-electron chi connectivity index (χ4n) is 7.73. The van der Waals surface area contributed by atoms with E-state index < -0.39 is 6.09 Å². The molecule has 2 aliphatic heterocycles. The van der Waals surface area contributed by atoms with Crippen molar-refractivity contribution in [3.8, 4) is 28.8 Å². The molecule has 3 amide bonds. The molecule has 4 aromatic rings. The SMILES string of the molecule is CCCCN(CCCC)C(=O)c1cc(-c2cc3c(cc2C(=O)N2Cc4ccccc4C[C@H]2C)CN(C(=O)Oc2ccccc2C#CCN(C)C)CC3)n(C)c1C. The van der Waals surface area contributed by atoms with E-state index in [-0.39, 0.29) is 17.9 Å². The molecule has 3 aromatic carbocycles. The van der Waals surface area contributed by atoms with E-state index in [0.29, 0.717) is 55.0 Å². The number of amides is 3. The number of rotatable bonds is 11. The molecule has 0 saturated heterocycles. The Hall–Kier alpha value is -5.33. The Bertz CT molecular complexity index is 2130. The van der Waals surface area contributed by atoms with E-state index >= 15 is 0 Å². The molecule has 3 heterocycles. The molecule has 0 aliphatic carbocycles. The minimum atomic E-state index is -0.451. The molecule has 2 aliphatic rings. The Balaban J connectivity index is 1.36. The van der Waals surface area contributed by atoms with E-state index in [2.05, 4.69) is 61.4 Å². The minimum absolute atomic E-state index is 0.00775. The lowest BCUT2D eigenvalue weighted by Gasteiger charge is -2.36. The smallest absolute Gasteiger partial charge is 0.409 e. The van der Waals surface area contributed by atoms with Gasteiger partial charge in [-0.05, 0) is 106 Å². The number of carbonyl (C=O) groups is 3. The molecular weight excluding hydrogens is 699 g/mol. The number of hydrogen-bond donors (Lipinski definition) is 0. The predicted molar refractivity (Wildman–Crippen MR) is 223 cm³/mol. The molecule has 1 aromatic heterocycles. The minimum Gasteiger partial charge on any atom is -0.409 e. The van der Waals surface area contributed by atoms with Crippen LogP contribution in [0.25, 0.3) is 11.3 Å². The molecule has 0 radical (unpaired) electrons. The molecule has 0 bridgehead atoms. The topological polar surface area (TPSA) is 78.3 Å². The molecule has 0 fully saturated rings. The van der Waals surface area contributed by atoms with Gasteiger partial charge in [-0.2, -0.15) is 0 Å². The number of carbonyl (C=O) groups excluding carboxylic acids is 3. The zero-order valence-corrected chi connectivity index (χ0v) is 34.3. The number of hydrogen-bond acceptors (Lipinski definition) is 5. The largest absolute Gasteiger partial charge is 0.415 e. The highest BCUT2D eigenvalue weighted by Gasteiger charge is 2.33. The first-order valence-electron chi connectivity index (χ1n) is 20.2. The number of fused-ring (bicyclic) bond motifs is 2. The summed E-state index contributed by atoms with van der Waals surface area (Å²) < 4.78 is 8.01. The summed E-state index contributed by atoms with van der Waals surface area (Å²) >= 11 is 0. The van der Waals surface area contributed by atoms with Crippen LogP contribution in [0, 0.1) is 18.8 Å². The van der Waals surface area contributed by atoms with Crippen LogP contribution >= 0.6 is 0 Å². The summed E-state index contributed by atoms with van der Waals surface area (Å²) in [5.74, 6) is 6.67. The summed E-state index contributed by atoms with van der Waals surface area (Å²) in [6, 6.07) is 21.8. The van der Waals surface area contributed by atoms with Gasteiger partial charge in [-0.3, -0.25) is 14.5 Å². The van der Waals surface area contributed by atoms with Gasteiger partial charge >= 0.3 is 6.09 Å². The quantitative estimate of drug-likeness (QED) is 0.145. The van der Waals surface area contributed by atoms with Gasteiger partial charge in [-0.25, -0.2) is 4.79 Å². The van der Waals surface area contributed by atoms with Crippen LogP contribution in [0.4, 0.5) is 4.79 Å². The second-order valence-electron chi connectivity index (χ2n) is 15.6. The number of benzene rings is 3. The van der Waals surface area contributed by atoms with Gasteiger partial charge in [0.15, 0.2) is 0 Å². The van der Waals surface area contributed by atoms with E-state index in [1.807, 2.05) is 79.2 Å². The lowest BCUT2D eigenvalue weighted by molar-refractivity contribution is 0.0658. The molecule has 0 N–H and O–H groups in total. The first-order chi connectivity index (χ1) is 27.0. The molecule has 9 nitrogen and oxygen atoms in total. The van der Waals surface area contributed by atoms with E-state index in [1.54, 1.807) is 11.0 Å². The highest BCUT2D eigenvalue weighted by atomic mass is 16.6.